The zero-order valence-electron chi connectivity index (χ0n) is 21.9. The lowest BCUT2D eigenvalue weighted by Crippen LogP contribution is -2.13. The van der Waals surface area contributed by atoms with Crippen molar-refractivity contribution in [2.75, 3.05) is 0 Å². The maximum absolute atomic E-state index is 13.9. The van der Waals surface area contributed by atoms with Crippen molar-refractivity contribution < 1.29 is 8.42 Å². The average Bonchev–Trinajstić information content (AvgIpc) is 3.33. The van der Waals surface area contributed by atoms with Gasteiger partial charge in [-0.05, 0) is 71.0 Å². The summed E-state index contributed by atoms with van der Waals surface area (Å²) < 4.78 is 29.3. The fraction of sp³-hybridized carbons (Fsp3) is 0.147. The van der Waals surface area contributed by atoms with Gasteiger partial charge in [0.1, 0.15) is 0 Å². The molecule has 194 valence electrons. The molecule has 0 bridgehead atoms. The summed E-state index contributed by atoms with van der Waals surface area (Å²) in [6.07, 6.45) is 5.93. The van der Waals surface area contributed by atoms with Gasteiger partial charge >= 0.3 is 0 Å². The van der Waals surface area contributed by atoms with E-state index >= 15 is 0 Å². The molecule has 5 heteroatoms. The minimum atomic E-state index is -3.85. The lowest BCUT2D eigenvalue weighted by atomic mass is 9.98. The van der Waals surface area contributed by atoms with Crippen LogP contribution in [0.25, 0.3) is 44.2 Å². The topological polar surface area (TPSA) is 52.0 Å². The van der Waals surface area contributed by atoms with Crippen molar-refractivity contribution in [3.63, 3.8) is 0 Å². The Bertz CT molecular complexity index is 1860. The molecule has 0 amide bonds. The minimum absolute atomic E-state index is 0.252. The highest BCUT2D eigenvalue weighted by Crippen LogP contribution is 2.37. The number of aryl methyl sites for hydroxylation is 1. The van der Waals surface area contributed by atoms with Gasteiger partial charge in [-0.25, -0.2) is 17.4 Å². The maximum atomic E-state index is 13.9. The van der Waals surface area contributed by atoms with Gasteiger partial charge in [0.05, 0.1) is 10.4 Å². The highest BCUT2D eigenvalue weighted by molar-refractivity contribution is 7.90. The van der Waals surface area contributed by atoms with Crippen LogP contribution in [0, 0.1) is 0 Å². The van der Waals surface area contributed by atoms with Gasteiger partial charge in [-0.2, -0.15) is 0 Å². The van der Waals surface area contributed by atoms with Crippen molar-refractivity contribution in [1.29, 1.82) is 0 Å². The Hall–Kier alpha value is -4.22. The molecular weight excluding hydrogens is 500 g/mol. The van der Waals surface area contributed by atoms with Crippen LogP contribution in [-0.4, -0.2) is 17.4 Å². The molecule has 0 aliphatic heterocycles. The van der Waals surface area contributed by atoms with Gasteiger partial charge in [0.15, 0.2) is 5.65 Å². The zero-order chi connectivity index (χ0) is 26.8. The summed E-state index contributed by atoms with van der Waals surface area (Å²) in [6.45, 7) is 2.19. The van der Waals surface area contributed by atoms with E-state index in [1.165, 1.54) is 9.54 Å². The van der Waals surface area contributed by atoms with Crippen molar-refractivity contribution in [1.82, 2.24) is 8.96 Å². The molecule has 6 aromatic rings. The first-order valence-electron chi connectivity index (χ1n) is 13.5. The molecule has 0 aliphatic carbocycles. The number of hydrogen-bond acceptors (Lipinski definition) is 3. The summed E-state index contributed by atoms with van der Waals surface area (Å²) in [6, 6.07) is 35.5. The first-order chi connectivity index (χ1) is 19.1. The summed E-state index contributed by atoms with van der Waals surface area (Å²) in [5.74, 6) is 0. The number of pyridine rings is 1. The summed E-state index contributed by atoms with van der Waals surface area (Å²) in [5.41, 5.74) is 6.73. The third-order valence-electron chi connectivity index (χ3n) is 7.35. The molecule has 0 spiro atoms. The predicted octanol–water partition coefficient (Wildman–Crippen LogP) is 8.49. The van der Waals surface area contributed by atoms with E-state index in [1.54, 1.807) is 30.5 Å². The van der Waals surface area contributed by atoms with Gasteiger partial charge in [-0.1, -0.05) is 98.6 Å². The van der Waals surface area contributed by atoms with Crippen molar-refractivity contribution in [3.8, 4) is 22.3 Å². The maximum Gasteiger partial charge on any atom is 0.269 e. The number of aromatic nitrogens is 2. The molecule has 0 saturated carbocycles. The molecular formula is C34H30N2O2S. The second-order valence-electron chi connectivity index (χ2n) is 9.88. The first-order valence-corrected chi connectivity index (χ1v) is 14.9. The largest absolute Gasteiger partial charge is 0.269 e. The van der Waals surface area contributed by atoms with Gasteiger partial charge in [0.25, 0.3) is 10.0 Å². The van der Waals surface area contributed by atoms with E-state index in [0.717, 1.165) is 58.7 Å². The molecule has 0 N–H and O–H groups in total. The molecule has 6 rings (SSSR count). The molecule has 0 atom stereocenters. The van der Waals surface area contributed by atoms with Gasteiger partial charge in [-0.15, -0.1) is 0 Å². The standard InChI is InChI=1S/C34H30N2O2S/c1-2-3-6-13-28-22-23-35-34-33(28)31-24-29(27-18-16-26(17-19-27)25-11-7-4-8-12-25)20-21-32(31)36(34)39(37,38)30-14-9-5-10-15-30/h4-5,7-12,14-24H,2-3,6,13H2,1H3. The van der Waals surface area contributed by atoms with Crippen molar-refractivity contribution >= 4 is 32.0 Å². The molecule has 0 radical (unpaired) electrons. The molecule has 0 aliphatic rings. The first kappa shape index (κ1) is 25.1. The van der Waals surface area contributed by atoms with E-state index in [1.807, 2.05) is 42.5 Å². The van der Waals surface area contributed by atoms with Crippen LogP contribution >= 0.6 is 0 Å². The van der Waals surface area contributed by atoms with Crippen LogP contribution in [0.4, 0.5) is 0 Å². The van der Waals surface area contributed by atoms with E-state index in [2.05, 4.69) is 54.4 Å². The normalized spacial score (nSPS) is 11.8. The van der Waals surface area contributed by atoms with Crippen LogP contribution in [0.1, 0.15) is 31.7 Å². The van der Waals surface area contributed by atoms with E-state index in [4.69, 9.17) is 0 Å². The Labute approximate surface area is 229 Å². The van der Waals surface area contributed by atoms with Gasteiger partial charge in [0.2, 0.25) is 0 Å². The predicted molar refractivity (Wildman–Crippen MR) is 160 cm³/mol. The molecule has 0 saturated heterocycles. The van der Waals surface area contributed by atoms with Crippen LogP contribution in [0.5, 0.6) is 0 Å². The number of hydrogen-bond donors (Lipinski definition) is 0. The number of fused-ring (bicyclic) bond motifs is 3. The monoisotopic (exact) mass is 530 g/mol. The highest BCUT2D eigenvalue weighted by Gasteiger charge is 2.25. The summed E-state index contributed by atoms with van der Waals surface area (Å²) in [5, 5.41) is 1.83. The van der Waals surface area contributed by atoms with E-state index in [0.29, 0.717) is 11.2 Å². The Morgan fingerprint density at radius 3 is 2.00 bits per heavy atom. The highest BCUT2D eigenvalue weighted by atomic mass is 32.2. The molecule has 4 aromatic carbocycles. The van der Waals surface area contributed by atoms with Crippen LogP contribution < -0.4 is 0 Å². The Morgan fingerprint density at radius 2 is 1.31 bits per heavy atom. The van der Waals surface area contributed by atoms with Crippen LogP contribution in [0.15, 0.2) is 120 Å². The Morgan fingerprint density at radius 1 is 0.692 bits per heavy atom. The second kappa shape index (κ2) is 10.5. The molecule has 2 heterocycles. The molecule has 0 unspecified atom stereocenters. The van der Waals surface area contributed by atoms with E-state index in [-0.39, 0.29) is 4.90 Å². The number of nitrogens with zero attached hydrogens (tertiary/aromatic N) is 2. The fourth-order valence-corrected chi connectivity index (χ4v) is 6.84. The molecule has 2 aromatic heterocycles. The van der Waals surface area contributed by atoms with Gasteiger partial charge in [0, 0.05) is 17.0 Å². The summed E-state index contributed by atoms with van der Waals surface area (Å²) in [7, 11) is -3.85. The minimum Gasteiger partial charge on any atom is -0.237 e. The van der Waals surface area contributed by atoms with Crippen molar-refractivity contribution in [2.45, 2.75) is 37.5 Å². The lowest BCUT2D eigenvalue weighted by Gasteiger charge is -2.09. The quantitative estimate of drug-likeness (QED) is 0.185. The fourth-order valence-electron chi connectivity index (χ4n) is 5.34. The zero-order valence-corrected chi connectivity index (χ0v) is 22.7. The van der Waals surface area contributed by atoms with Crippen molar-refractivity contribution in [3.05, 3.63) is 121 Å². The molecule has 0 fully saturated rings. The average molecular weight is 531 g/mol. The third-order valence-corrected chi connectivity index (χ3v) is 9.07. The van der Waals surface area contributed by atoms with Crippen LogP contribution in [-0.2, 0) is 16.4 Å². The Balaban J connectivity index is 1.54. The number of rotatable bonds is 8. The van der Waals surface area contributed by atoms with Crippen LogP contribution in [0.3, 0.4) is 0 Å². The SMILES string of the molecule is CCCCCc1ccnc2c1c1cc(-c3ccc(-c4ccccc4)cc3)ccc1n2S(=O)(=O)c1ccccc1. The second-order valence-corrected chi connectivity index (χ2v) is 11.7. The van der Waals surface area contributed by atoms with Crippen LogP contribution in [0.2, 0.25) is 0 Å². The summed E-state index contributed by atoms with van der Waals surface area (Å²) >= 11 is 0. The molecule has 39 heavy (non-hydrogen) atoms. The van der Waals surface area contributed by atoms with Gasteiger partial charge < -0.3 is 0 Å². The lowest BCUT2D eigenvalue weighted by molar-refractivity contribution is 0.590. The van der Waals surface area contributed by atoms with Gasteiger partial charge in [-0.3, -0.25) is 0 Å². The smallest absolute Gasteiger partial charge is 0.237 e. The Kier molecular flexibility index (Phi) is 6.76. The van der Waals surface area contributed by atoms with E-state index in [9.17, 15) is 8.42 Å². The molecule has 4 nitrogen and oxygen atoms in total. The summed E-state index contributed by atoms with van der Waals surface area (Å²) in [4.78, 5) is 4.88. The van der Waals surface area contributed by atoms with E-state index < -0.39 is 10.0 Å². The number of unbranched alkanes of at least 4 members (excludes halogenated alkanes) is 2. The number of benzene rings is 4. The third kappa shape index (κ3) is 4.64. The van der Waals surface area contributed by atoms with Crippen molar-refractivity contribution in [2.24, 2.45) is 0 Å².